The van der Waals surface area contributed by atoms with E-state index in [1.54, 1.807) is 14.2 Å². The lowest BCUT2D eigenvalue weighted by atomic mass is 10.1. The van der Waals surface area contributed by atoms with Gasteiger partial charge in [-0.05, 0) is 55.2 Å². The number of aliphatic imine (C=N–C) groups is 1. The number of nitrogens with one attached hydrogen (secondary N) is 3. The van der Waals surface area contributed by atoms with Crippen molar-refractivity contribution in [3.63, 3.8) is 0 Å². The molecule has 0 fully saturated rings. The van der Waals surface area contributed by atoms with Crippen molar-refractivity contribution in [1.82, 2.24) is 10.6 Å². The van der Waals surface area contributed by atoms with E-state index < -0.39 is 0 Å². The van der Waals surface area contributed by atoms with E-state index in [-0.39, 0.29) is 35.8 Å². The van der Waals surface area contributed by atoms with Crippen LogP contribution < -0.4 is 25.4 Å². The first-order valence-electron chi connectivity index (χ1n) is 11.1. The molecule has 2 aromatic carbocycles. The molecule has 2 aromatic rings. The van der Waals surface area contributed by atoms with E-state index in [1.165, 1.54) is 5.56 Å². The number of aryl methyl sites for hydroxylation is 1. The molecule has 182 valence electrons. The highest BCUT2D eigenvalue weighted by Gasteiger charge is 2.07. The van der Waals surface area contributed by atoms with Crippen LogP contribution in [0.2, 0.25) is 0 Å². The van der Waals surface area contributed by atoms with Gasteiger partial charge in [0.15, 0.2) is 17.5 Å². The maximum Gasteiger partial charge on any atom is 0.226 e. The molecule has 3 N–H and O–H groups in total. The van der Waals surface area contributed by atoms with Crippen molar-refractivity contribution in [1.29, 1.82) is 0 Å². The molecule has 7 nitrogen and oxygen atoms in total. The van der Waals surface area contributed by atoms with E-state index in [4.69, 9.17) is 9.47 Å². The fourth-order valence-electron chi connectivity index (χ4n) is 3.04. The van der Waals surface area contributed by atoms with Crippen LogP contribution in [0.25, 0.3) is 0 Å². The number of halogens is 1. The van der Waals surface area contributed by atoms with Crippen LogP contribution in [0, 0.1) is 5.92 Å². The summed E-state index contributed by atoms with van der Waals surface area (Å²) in [6.07, 6.45) is 1.89. The molecule has 0 bridgehead atoms. The predicted octanol–water partition coefficient (Wildman–Crippen LogP) is 4.60. The third-order valence-corrected chi connectivity index (χ3v) is 4.89. The monoisotopic (exact) mass is 568 g/mol. The van der Waals surface area contributed by atoms with Crippen LogP contribution in [0.15, 0.2) is 47.5 Å². The fourth-order valence-corrected chi connectivity index (χ4v) is 3.04. The Morgan fingerprint density at radius 1 is 1.03 bits per heavy atom. The molecule has 8 heteroatoms. The van der Waals surface area contributed by atoms with E-state index >= 15 is 0 Å². The lowest BCUT2D eigenvalue weighted by Crippen LogP contribution is -2.37. The quantitative estimate of drug-likeness (QED) is 0.160. The van der Waals surface area contributed by atoms with Gasteiger partial charge in [0.1, 0.15) is 0 Å². The van der Waals surface area contributed by atoms with Gasteiger partial charge in [-0.3, -0.25) is 9.79 Å². The molecule has 0 radical (unpaired) electrons. The van der Waals surface area contributed by atoms with Crippen molar-refractivity contribution in [2.45, 2.75) is 40.2 Å². The van der Waals surface area contributed by atoms with Crippen LogP contribution in [0.3, 0.4) is 0 Å². The minimum atomic E-state index is -0.0396. The van der Waals surface area contributed by atoms with E-state index in [0.29, 0.717) is 13.2 Å². The van der Waals surface area contributed by atoms with Crippen molar-refractivity contribution in [2.75, 3.05) is 32.6 Å². The van der Waals surface area contributed by atoms with Gasteiger partial charge >= 0.3 is 0 Å². The SMILES string of the molecule is CCOc1cc(CCCNC(=NC)NCc2ccc(NC(=O)C(C)C)cc2)ccc1OC.I. The lowest BCUT2D eigenvalue weighted by molar-refractivity contribution is -0.118. The Labute approximate surface area is 214 Å². The zero-order valence-corrected chi connectivity index (χ0v) is 22.6. The molecule has 0 aromatic heterocycles. The number of nitrogens with zero attached hydrogens (tertiary/aromatic N) is 1. The molecule has 0 saturated heterocycles. The molecule has 0 aliphatic carbocycles. The minimum Gasteiger partial charge on any atom is -0.493 e. The highest BCUT2D eigenvalue weighted by Crippen LogP contribution is 2.28. The Bertz CT molecular complexity index is 886. The molecule has 0 aliphatic heterocycles. The number of carbonyl (C=O) groups excluding carboxylic acids is 1. The summed E-state index contributed by atoms with van der Waals surface area (Å²) in [4.78, 5) is 16.1. The maximum absolute atomic E-state index is 11.8. The van der Waals surface area contributed by atoms with E-state index in [2.05, 4.69) is 27.0 Å². The van der Waals surface area contributed by atoms with Crippen LogP contribution in [-0.2, 0) is 17.8 Å². The fraction of sp³-hybridized carbons (Fsp3) is 0.440. The second kappa shape index (κ2) is 15.4. The molecule has 33 heavy (non-hydrogen) atoms. The third-order valence-electron chi connectivity index (χ3n) is 4.89. The molecule has 0 saturated carbocycles. The molecule has 0 unspecified atom stereocenters. The van der Waals surface area contributed by atoms with E-state index in [9.17, 15) is 4.79 Å². The van der Waals surface area contributed by atoms with Crippen molar-refractivity contribution >= 4 is 41.5 Å². The first-order valence-corrected chi connectivity index (χ1v) is 11.1. The van der Waals surface area contributed by atoms with Gasteiger partial charge < -0.3 is 25.4 Å². The second-order valence-electron chi connectivity index (χ2n) is 7.72. The molecule has 2 rings (SSSR count). The largest absolute Gasteiger partial charge is 0.493 e. The number of ether oxygens (including phenoxy) is 2. The molecule has 1 amide bonds. The number of guanidine groups is 1. The van der Waals surface area contributed by atoms with Gasteiger partial charge in [0.2, 0.25) is 5.91 Å². The summed E-state index contributed by atoms with van der Waals surface area (Å²) in [5, 5.41) is 9.57. The zero-order valence-electron chi connectivity index (χ0n) is 20.2. The summed E-state index contributed by atoms with van der Waals surface area (Å²) in [6, 6.07) is 13.9. The number of hydrogen-bond donors (Lipinski definition) is 3. The number of amides is 1. The molecule has 0 atom stereocenters. The van der Waals surface area contributed by atoms with Gasteiger partial charge in [-0.15, -0.1) is 24.0 Å². The third kappa shape index (κ3) is 9.89. The van der Waals surface area contributed by atoms with Crippen LogP contribution in [0.5, 0.6) is 11.5 Å². The Hall–Kier alpha value is -2.49. The smallest absolute Gasteiger partial charge is 0.226 e. The summed E-state index contributed by atoms with van der Waals surface area (Å²) < 4.78 is 11.0. The standard InChI is InChI=1S/C25H36N4O3.HI/c1-6-32-23-16-19(11-14-22(23)31-5)8-7-15-27-25(26-4)28-17-20-9-12-21(13-10-20)29-24(30)18(2)3;/h9-14,16,18H,6-8,15,17H2,1-5H3,(H,29,30)(H2,26,27,28);1H. The Kier molecular flexibility index (Phi) is 13.3. The van der Waals surface area contributed by atoms with Crippen LogP contribution in [-0.4, -0.2) is 39.2 Å². The average Bonchev–Trinajstić information content (AvgIpc) is 2.80. The Morgan fingerprint density at radius 2 is 1.73 bits per heavy atom. The van der Waals surface area contributed by atoms with E-state index in [1.807, 2.05) is 57.2 Å². The highest BCUT2D eigenvalue weighted by molar-refractivity contribution is 14.0. The summed E-state index contributed by atoms with van der Waals surface area (Å²) in [5.74, 6) is 2.28. The minimum absolute atomic E-state index is 0. The Morgan fingerprint density at radius 3 is 2.33 bits per heavy atom. The highest BCUT2D eigenvalue weighted by atomic mass is 127. The number of carbonyl (C=O) groups is 1. The second-order valence-corrected chi connectivity index (χ2v) is 7.72. The topological polar surface area (TPSA) is 84.0 Å². The van der Waals surface area contributed by atoms with E-state index in [0.717, 1.165) is 48.1 Å². The van der Waals surface area contributed by atoms with Gasteiger partial charge in [0.05, 0.1) is 13.7 Å². The summed E-state index contributed by atoms with van der Waals surface area (Å²) in [6.45, 7) is 7.78. The van der Waals surface area contributed by atoms with Gasteiger partial charge in [-0.25, -0.2) is 0 Å². The van der Waals surface area contributed by atoms with Crippen LogP contribution in [0.1, 0.15) is 38.3 Å². The van der Waals surface area contributed by atoms with Crippen molar-refractivity contribution in [3.05, 3.63) is 53.6 Å². The summed E-state index contributed by atoms with van der Waals surface area (Å²) in [7, 11) is 3.41. The van der Waals surface area contributed by atoms with Gasteiger partial charge in [-0.1, -0.05) is 32.0 Å². The Balaban J connectivity index is 0.00000544. The number of methoxy groups -OCH3 is 1. The molecular weight excluding hydrogens is 531 g/mol. The summed E-state index contributed by atoms with van der Waals surface area (Å²) in [5.41, 5.74) is 3.13. The first-order chi connectivity index (χ1) is 15.5. The number of rotatable bonds is 11. The molecule has 0 aliphatic rings. The first kappa shape index (κ1) is 28.5. The van der Waals surface area contributed by atoms with Gasteiger partial charge in [0.25, 0.3) is 0 Å². The van der Waals surface area contributed by atoms with Crippen LogP contribution >= 0.6 is 24.0 Å². The number of benzene rings is 2. The zero-order chi connectivity index (χ0) is 23.3. The van der Waals surface area contributed by atoms with Crippen LogP contribution in [0.4, 0.5) is 5.69 Å². The molecule has 0 heterocycles. The van der Waals surface area contributed by atoms with Crippen molar-refractivity contribution in [2.24, 2.45) is 10.9 Å². The predicted molar refractivity (Wildman–Crippen MR) is 146 cm³/mol. The number of hydrogen-bond acceptors (Lipinski definition) is 4. The number of anilines is 1. The van der Waals surface area contributed by atoms with Crippen molar-refractivity contribution < 1.29 is 14.3 Å². The maximum atomic E-state index is 11.8. The van der Waals surface area contributed by atoms with Gasteiger partial charge in [-0.2, -0.15) is 0 Å². The average molecular weight is 569 g/mol. The van der Waals surface area contributed by atoms with Gasteiger partial charge in [0, 0.05) is 31.7 Å². The lowest BCUT2D eigenvalue weighted by Gasteiger charge is -2.13. The van der Waals surface area contributed by atoms with Crippen molar-refractivity contribution in [3.8, 4) is 11.5 Å². The summed E-state index contributed by atoms with van der Waals surface area (Å²) >= 11 is 0. The normalized spacial score (nSPS) is 10.9. The molecule has 0 spiro atoms. The molecular formula is C25H37IN4O3.